The number of sulfonamides is 1. The van der Waals surface area contributed by atoms with Crippen LogP contribution in [0.4, 0.5) is 0 Å². The minimum atomic E-state index is -3.78. The number of nitrogens with two attached hydrogens (primary N) is 1. The normalized spacial score (nSPS) is 21.9. The summed E-state index contributed by atoms with van der Waals surface area (Å²) in [6.45, 7) is 4.36. The van der Waals surface area contributed by atoms with Gasteiger partial charge in [0, 0.05) is 19.3 Å². The zero-order valence-corrected chi connectivity index (χ0v) is 12.8. The summed E-state index contributed by atoms with van der Waals surface area (Å²) in [6, 6.07) is 1.45. The van der Waals surface area contributed by atoms with E-state index in [1.165, 1.54) is 16.8 Å². The number of nitrogens with one attached hydrogen (secondary N) is 1. The molecule has 2 rings (SSSR count). The lowest BCUT2D eigenvalue weighted by Gasteiger charge is -2.17. The lowest BCUT2D eigenvalue weighted by Crippen LogP contribution is -2.34. The maximum atomic E-state index is 12.2. The molecule has 1 saturated carbocycles. The molecular formula is C13H21N3O3S. The molecule has 20 heavy (non-hydrogen) atoms. The van der Waals surface area contributed by atoms with Crippen molar-refractivity contribution in [2.24, 2.45) is 17.6 Å². The van der Waals surface area contributed by atoms with Gasteiger partial charge in [-0.05, 0) is 30.7 Å². The SMILES string of the molecule is Cn1cc(S(N)(=O)=O)cc1C(=O)NC1CCC(C)(C)C1. The monoisotopic (exact) mass is 299 g/mol. The summed E-state index contributed by atoms with van der Waals surface area (Å²) < 4.78 is 24.0. The zero-order valence-electron chi connectivity index (χ0n) is 12.0. The van der Waals surface area contributed by atoms with Crippen molar-refractivity contribution in [2.75, 3.05) is 0 Å². The van der Waals surface area contributed by atoms with Crippen molar-refractivity contribution >= 4 is 15.9 Å². The molecule has 3 N–H and O–H groups in total. The summed E-state index contributed by atoms with van der Waals surface area (Å²) in [6.07, 6.45) is 4.31. The zero-order chi connectivity index (χ0) is 15.1. The van der Waals surface area contributed by atoms with E-state index in [4.69, 9.17) is 5.14 Å². The van der Waals surface area contributed by atoms with Crippen molar-refractivity contribution in [2.45, 2.75) is 44.0 Å². The second-order valence-electron chi connectivity index (χ2n) is 6.29. The van der Waals surface area contributed by atoms with Crippen molar-refractivity contribution in [1.82, 2.24) is 9.88 Å². The number of amides is 1. The molecule has 112 valence electrons. The second kappa shape index (κ2) is 4.89. The van der Waals surface area contributed by atoms with Gasteiger partial charge in [0.25, 0.3) is 5.91 Å². The number of hydrogen-bond acceptors (Lipinski definition) is 3. The number of hydrogen-bond donors (Lipinski definition) is 2. The van der Waals surface area contributed by atoms with Gasteiger partial charge in [-0.1, -0.05) is 13.8 Å². The van der Waals surface area contributed by atoms with Gasteiger partial charge in [-0.3, -0.25) is 4.79 Å². The van der Waals surface area contributed by atoms with Crippen LogP contribution in [0.1, 0.15) is 43.6 Å². The van der Waals surface area contributed by atoms with Gasteiger partial charge < -0.3 is 9.88 Å². The van der Waals surface area contributed by atoms with Crippen molar-refractivity contribution < 1.29 is 13.2 Å². The van der Waals surface area contributed by atoms with Gasteiger partial charge in [-0.2, -0.15) is 0 Å². The van der Waals surface area contributed by atoms with Crippen LogP contribution >= 0.6 is 0 Å². The van der Waals surface area contributed by atoms with E-state index in [1.54, 1.807) is 7.05 Å². The van der Waals surface area contributed by atoms with Crippen LogP contribution in [0.15, 0.2) is 17.2 Å². The molecule has 0 saturated heterocycles. The minimum absolute atomic E-state index is 0.0445. The standard InChI is InChI=1S/C13H21N3O3S/c1-13(2)5-4-9(7-13)15-12(17)11-6-10(8-16(11)3)20(14,18)19/h6,8-9H,4-5,7H2,1-3H3,(H,15,17)(H2,14,18,19). The van der Waals surface area contributed by atoms with Crippen LogP contribution in [0.2, 0.25) is 0 Å². The highest BCUT2D eigenvalue weighted by molar-refractivity contribution is 7.89. The Balaban J connectivity index is 2.13. The van der Waals surface area contributed by atoms with Crippen LogP contribution in [0, 0.1) is 5.41 Å². The molecule has 1 amide bonds. The molecule has 1 aromatic heterocycles. The summed E-state index contributed by atoms with van der Waals surface area (Å²) in [5.74, 6) is -0.259. The molecule has 1 aliphatic carbocycles. The Kier molecular flexibility index (Phi) is 3.68. The molecular weight excluding hydrogens is 278 g/mol. The van der Waals surface area contributed by atoms with E-state index in [9.17, 15) is 13.2 Å². The predicted octanol–water partition coefficient (Wildman–Crippen LogP) is 0.981. The molecule has 0 aliphatic heterocycles. The van der Waals surface area contributed by atoms with Crippen molar-refractivity contribution in [3.05, 3.63) is 18.0 Å². The fourth-order valence-corrected chi connectivity index (χ4v) is 3.32. The Morgan fingerprint density at radius 1 is 1.50 bits per heavy atom. The molecule has 0 aromatic carbocycles. The molecule has 7 heteroatoms. The first-order chi connectivity index (χ1) is 9.08. The maximum Gasteiger partial charge on any atom is 0.268 e. The number of primary sulfonamides is 1. The average molecular weight is 299 g/mol. The molecule has 6 nitrogen and oxygen atoms in total. The quantitative estimate of drug-likeness (QED) is 0.871. The third-order valence-corrected chi connectivity index (χ3v) is 4.73. The van der Waals surface area contributed by atoms with E-state index in [1.807, 2.05) is 0 Å². The first-order valence-electron chi connectivity index (χ1n) is 6.58. The Morgan fingerprint density at radius 2 is 2.15 bits per heavy atom. The maximum absolute atomic E-state index is 12.2. The highest BCUT2D eigenvalue weighted by Crippen LogP contribution is 2.36. The third-order valence-electron chi connectivity index (χ3n) is 3.84. The van der Waals surface area contributed by atoms with E-state index in [2.05, 4.69) is 19.2 Å². The van der Waals surface area contributed by atoms with E-state index in [0.717, 1.165) is 19.3 Å². The van der Waals surface area contributed by atoms with Crippen molar-refractivity contribution in [3.63, 3.8) is 0 Å². The van der Waals surface area contributed by atoms with E-state index >= 15 is 0 Å². The van der Waals surface area contributed by atoms with Crippen LogP contribution in [-0.2, 0) is 17.1 Å². The Hall–Kier alpha value is -1.34. The van der Waals surface area contributed by atoms with Gasteiger partial charge in [0.05, 0.1) is 0 Å². The van der Waals surface area contributed by atoms with Gasteiger partial charge in [-0.15, -0.1) is 0 Å². The molecule has 1 heterocycles. The van der Waals surface area contributed by atoms with Crippen LogP contribution in [0.3, 0.4) is 0 Å². The second-order valence-corrected chi connectivity index (χ2v) is 7.86. The molecule has 1 aromatic rings. The fourth-order valence-electron chi connectivity index (χ4n) is 2.73. The summed E-state index contributed by atoms with van der Waals surface area (Å²) in [4.78, 5) is 12.2. The van der Waals surface area contributed by atoms with E-state index < -0.39 is 10.0 Å². The Bertz CT molecular complexity index is 631. The topological polar surface area (TPSA) is 94.2 Å². The number of rotatable bonds is 3. The van der Waals surface area contributed by atoms with Gasteiger partial charge in [0.1, 0.15) is 10.6 Å². The molecule has 0 bridgehead atoms. The minimum Gasteiger partial charge on any atom is -0.348 e. The highest BCUT2D eigenvalue weighted by Gasteiger charge is 2.32. The van der Waals surface area contributed by atoms with Crippen LogP contribution < -0.4 is 10.5 Å². The van der Waals surface area contributed by atoms with Gasteiger partial charge in [0.15, 0.2) is 0 Å². The first kappa shape index (κ1) is 15.1. The smallest absolute Gasteiger partial charge is 0.268 e. The Morgan fingerprint density at radius 3 is 2.60 bits per heavy atom. The summed E-state index contributed by atoms with van der Waals surface area (Å²) in [7, 11) is -2.16. The predicted molar refractivity (Wildman–Crippen MR) is 75.7 cm³/mol. The summed E-state index contributed by atoms with van der Waals surface area (Å²) >= 11 is 0. The van der Waals surface area contributed by atoms with Gasteiger partial charge in [0.2, 0.25) is 10.0 Å². The molecule has 1 aliphatic rings. The number of aryl methyl sites for hydroxylation is 1. The van der Waals surface area contributed by atoms with Crippen LogP contribution in [0.25, 0.3) is 0 Å². The molecule has 1 atom stereocenters. The number of carbonyl (C=O) groups excluding carboxylic acids is 1. The van der Waals surface area contributed by atoms with Crippen molar-refractivity contribution in [1.29, 1.82) is 0 Å². The van der Waals surface area contributed by atoms with Crippen LogP contribution in [-0.4, -0.2) is 24.9 Å². The third kappa shape index (κ3) is 3.21. The lowest BCUT2D eigenvalue weighted by atomic mass is 9.92. The summed E-state index contributed by atoms with van der Waals surface area (Å²) in [5, 5.41) is 8.03. The van der Waals surface area contributed by atoms with Crippen LogP contribution in [0.5, 0.6) is 0 Å². The van der Waals surface area contributed by atoms with E-state index in [0.29, 0.717) is 5.69 Å². The first-order valence-corrected chi connectivity index (χ1v) is 8.13. The number of nitrogens with zero attached hydrogens (tertiary/aromatic N) is 1. The summed E-state index contributed by atoms with van der Waals surface area (Å²) in [5.41, 5.74) is 0.552. The largest absolute Gasteiger partial charge is 0.348 e. The molecule has 0 radical (unpaired) electrons. The molecule has 0 spiro atoms. The van der Waals surface area contributed by atoms with Crippen molar-refractivity contribution in [3.8, 4) is 0 Å². The highest BCUT2D eigenvalue weighted by atomic mass is 32.2. The van der Waals surface area contributed by atoms with Gasteiger partial charge >= 0.3 is 0 Å². The van der Waals surface area contributed by atoms with Gasteiger partial charge in [-0.25, -0.2) is 13.6 Å². The van der Waals surface area contributed by atoms with E-state index in [-0.39, 0.29) is 22.3 Å². The number of carbonyl (C=O) groups is 1. The average Bonchev–Trinajstić information content (AvgIpc) is 2.81. The number of aromatic nitrogens is 1. The fraction of sp³-hybridized carbons (Fsp3) is 0.615. The Labute approximate surface area is 119 Å². The lowest BCUT2D eigenvalue weighted by molar-refractivity contribution is 0.0928. The molecule has 1 fully saturated rings. The molecule has 1 unspecified atom stereocenters.